The van der Waals surface area contributed by atoms with Gasteiger partial charge in [-0.05, 0) is 19.1 Å². The summed E-state index contributed by atoms with van der Waals surface area (Å²) in [6, 6.07) is 3.57. The smallest absolute Gasteiger partial charge is 0.347 e. The van der Waals surface area contributed by atoms with E-state index in [9.17, 15) is 18.0 Å². The number of hydrogen-bond acceptors (Lipinski definition) is 6. The molecule has 0 fully saturated rings. The van der Waals surface area contributed by atoms with Crippen molar-refractivity contribution < 1.29 is 27.5 Å². The van der Waals surface area contributed by atoms with E-state index >= 15 is 0 Å². The number of amides is 3. The second kappa shape index (κ2) is 6.24. The van der Waals surface area contributed by atoms with E-state index in [0.29, 0.717) is 5.75 Å². The molecule has 1 aromatic carbocycles. The van der Waals surface area contributed by atoms with Crippen LogP contribution in [0, 0.1) is 0 Å². The molecule has 0 saturated carbocycles. The van der Waals surface area contributed by atoms with Crippen molar-refractivity contribution in [3.63, 3.8) is 0 Å². The Labute approximate surface area is 132 Å². The maximum Gasteiger partial charge on any atom is 0.347 e. The van der Waals surface area contributed by atoms with Crippen LogP contribution in [0.3, 0.4) is 0 Å². The van der Waals surface area contributed by atoms with Crippen molar-refractivity contribution in [2.24, 2.45) is 4.99 Å². The van der Waals surface area contributed by atoms with Crippen molar-refractivity contribution in [1.82, 2.24) is 5.32 Å². The normalized spacial score (nSPS) is 18.0. The minimum atomic E-state index is -4.18. The number of imide groups is 1. The Kier molecular flexibility index (Phi) is 4.55. The predicted octanol–water partition coefficient (Wildman–Crippen LogP) is 0.525. The summed E-state index contributed by atoms with van der Waals surface area (Å²) in [7, 11) is -1.35. The molecule has 124 valence electrons. The largest absolute Gasteiger partial charge is 0.497 e. The Balaban J connectivity index is 2.37. The van der Waals surface area contributed by atoms with Gasteiger partial charge in [-0.2, -0.15) is 0 Å². The van der Waals surface area contributed by atoms with Crippen molar-refractivity contribution in [1.29, 1.82) is 0 Å². The topological polar surface area (TPSA) is 123 Å². The number of carbonyl (C=O) groups is 2. The van der Waals surface area contributed by atoms with Crippen molar-refractivity contribution in [3.8, 4) is 11.5 Å². The molecule has 1 unspecified atom stereocenters. The lowest BCUT2D eigenvalue weighted by Crippen LogP contribution is -2.51. The summed E-state index contributed by atoms with van der Waals surface area (Å²) < 4.78 is 37.3. The Morgan fingerprint density at radius 3 is 2.48 bits per heavy atom. The molecule has 1 aliphatic rings. The van der Waals surface area contributed by atoms with E-state index in [4.69, 9.17) is 9.47 Å². The van der Waals surface area contributed by atoms with Gasteiger partial charge in [-0.25, -0.2) is 18.2 Å². The van der Waals surface area contributed by atoms with Gasteiger partial charge in [-0.15, -0.1) is 0 Å². The summed E-state index contributed by atoms with van der Waals surface area (Å²) in [6.07, 6.45) is 0. The summed E-state index contributed by atoms with van der Waals surface area (Å²) in [4.78, 5) is 26.4. The zero-order valence-corrected chi connectivity index (χ0v) is 13.4. The highest BCUT2D eigenvalue weighted by molar-refractivity contribution is 7.94. The van der Waals surface area contributed by atoms with Crippen molar-refractivity contribution in [2.45, 2.75) is 12.2 Å². The molecule has 0 bridgehead atoms. The first-order valence-electron chi connectivity index (χ1n) is 6.42. The van der Waals surface area contributed by atoms with Gasteiger partial charge in [0.05, 0.1) is 25.6 Å². The van der Waals surface area contributed by atoms with E-state index < -0.39 is 27.2 Å². The van der Waals surface area contributed by atoms with Gasteiger partial charge in [0.2, 0.25) is 10.0 Å². The molecule has 1 heterocycles. The fraction of sp³-hybridized carbons (Fsp3) is 0.308. The molecule has 0 spiro atoms. The van der Waals surface area contributed by atoms with Crippen molar-refractivity contribution >= 4 is 33.4 Å². The standard InChI is InChI=1S/C13H15N3O6S/c1-7-11(12(17)15-13(18)14-7)23(19,20)16-9-5-4-8(21-2)6-10(9)22-3/h4-6,11,16H,1-3H3,(H,15,17,18). The van der Waals surface area contributed by atoms with Gasteiger partial charge in [0, 0.05) is 6.07 Å². The molecular weight excluding hydrogens is 326 g/mol. The van der Waals surface area contributed by atoms with Crippen LogP contribution in [-0.4, -0.2) is 45.5 Å². The number of nitrogens with zero attached hydrogens (tertiary/aromatic N) is 1. The summed E-state index contributed by atoms with van der Waals surface area (Å²) in [5, 5.41) is 0.258. The van der Waals surface area contributed by atoms with Crippen LogP contribution in [0.1, 0.15) is 6.92 Å². The summed E-state index contributed by atoms with van der Waals surface area (Å²) >= 11 is 0. The van der Waals surface area contributed by atoms with Gasteiger partial charge >= 0.3 is 6.03 Å². The molecule has 1 aliphatic heterocycles. The van der Waals surface area contributed by atoms with Gasteiger partial charge in [0.15, 0.2) is 5.25 Å². The first kappa shape index (κ1) is 16.7. The second-order valence-corrected chi connectivity index (χ2v) is 6.41. The lowest BCUT2D eigenvalue weighted by Gasteiger charge is -2.21. The molecular formula is C13H15N3O6S. The third-order valence-corrected chi connectivity index (χ3v) is 4.78. The van der Waals surface area contributed by atoms with E-state index in [2.05, 4.69) is 9.71 Å². The number of carbonyl (C=O) groups excluding carboxylic acids is 2. The van der Waals surface area contributed by atoms with E-state index in [0.717, 1.165) is 0 Å². The van der Waals surface area contributed by atoms with Gasteiger partial charge < -0.3 is 9.47 Å². The quantitative estimate of drug-likeness (QED) is 0.805. The SMILES string of the molecule is COc1ccc(NS(=O)(=O)C2C(=O)NC(=O)N=C2C)c(OC)c1. The fourth-order valence-electron chi connectivity index (χ4n) is 2.07. The van der Waals surface area contributed by atoms with Gasteiger partial charge in [-0.1, -0.05) is 0 Å². The van der Waals surface area contributed by atoms with E-state index in [1.54, 1.807) is 0 Å². The number of anilines is 1. The molecule has 2 N–H and O–H groups in total. The molecule has 0 aromatic heterocycles. The number of urea groups is 1. The van der Waals surface area contributed by atoms with Gasteiger partial charge in [0.25, 0.3) is 5.91 Å². The van der Waals surface area contributed by atoms with Crippen LogP contribution in [-0.2, 0) is 14.8 Å². The van der Waals surface area contributed by atoms with Crippen LogP contribution in [0.4, 0.5) is 10.5 Å². The Bertz CT molecular complexity index is 787. The zero-order chi connectivity index (χ0) is 17.2. The number of methoxy groups -OCH3 is 2. The van der Waals surface area contributed by atoms with Crippen molar-refractivity contribution in [2.75, 3.05) is 18.9 Å². The summed E-state index contributed by atoms with van der Waals surface area (Å²) in [5.74, 6) is -0.263. The summed E-state index contributed by atoms with van der Waals surface area (Å²) in [6.45, 7) is 1.30. The van der Waals surface area contributed by atoms with Crippen LogP contribution >= 0.6 is 0 Å². The molecule has 9 nitrogen and oxygen atoms in total. The average molecular weight is 341 g/mol. The number of sulfonamides is 1. The fourth-order valence-corrected chi connectivity index (χ4v) is 3.50. The third-order valence-electron chi connectivity index (χ3n) is 3.10. The monoisotopic (exact) mass is 341 g/mol. The molecule has 3 amide bonds. The van der Waals surface area contributed by atoms with Crippen LogP contribution < -0.4 is 19.5 Å². The van der Waals surface area contributed by atoms with Crippen LogP contribution in [0.5, 0.6) is 11.5 Å². The molecule has 10 heteroatoms. The minimum Gasteiger partial charge on any atom is -0.497 e. The lowest BCUT2D eigenvalue weighted by atomic mass is 10.2. The summed E-state index contributed by atoms with van der Waals surface area (Å²) in [5.41, 5.74) is 0.0181. The van der Waals surface area contributed by atoms with Crippen LogP contribution in [0.2, 0.25) is 0 Å². The number of ether oxygens (including phenoxy) is 2. The molecule has 0 saturated heterocycles. The van der Waals surface area contributed by atoms with E-state index in [-0.39, 0.29) is 17.1 Å². The Morgan fingerprint density at radius 1 is 1.22 bits per heavy atom. The molecule has 0 radical (unpaired) electrons. The third kappa shape index (κ3) is 3.42. The first-order valence-corrected chi connectivity index (χ1v) is 7.97. The number of benzene rings is 1. The van der Waals surface area contributed by atoms with Crippen LogP contribution in [0.15, 0.2) is 23.2 Å². The van der Waals surface area contributed by atoms with E-state index in [1.807, 2.05) is 5.32 Å². The number of hydrogen-bond donors (Lipinski definition) is 2. The minimum absolute atomic E-state index is 0.112. The Hall–Kier alpha value is -2.62. The second-order valence-electron chi connectivity index (χ2n) is 4.64. The average Bonchev–Trinajstić information content (AvgIpc) is 2.45. The first-order chi connectivity index (χ1) is 10.8. The molecule has 23 heavy (non-hydrogen) atoms. The number of rotatable bonds is 5. The highest BCUT2D eigenvalue weighted by atomic mass is 32.2. The highest BCUT2D eigenvalue weighted by Gasteiger charge is 2.39. The van der Waals surface area contributed by atoms with Gasteiger partial charge in [0.1, 0.15) is 11.5 Å². The maximum atomic E-state index is 12.5. The Morgan fingerprint density at radius 2 is 1.91 bits per heavy atom. The molecule has 0 aliphatic carbocycles. The maximum absolute atomic E-state index is 12.5. The molecule has 1 aromatic rings. The molecule has 2 rings (SSSR count). The van der Waals surface area contributed by atoms with Crippen molar-refractivity contribution in [3.05, 3.63) is 18.2 Å². The van der Waals surface area contributed by atoms with Gasteiger partial charge in [-0.3, -0.25) is 14.8 Å². The lowest BCUT2D eigenvalue weighted by molar-refractivity contribution is -0.118. The zero-order valence-electron chi connectivity index (χ0n) is 12.6. The molecule has 1 atom stereocenters. The predicted molar refractivity (Wildman–Crippen MR) is 82.5 cm³/mol. The highest BCUT2D eigenvalue weighted by Crippen LogP contribution is 2.30. The van der Waals surface area contributed by atoms with Crippen LogP contribution in [0.25, 0.3) is 0 Å². The van der Waals surface area contributed by atoms with E-state index in [1.165, 1.54) is 39.3 Å². The number of nitrogens with one attached hydrogen (secondary N) is 2. The number of aliphatic imine (C=N–C) groups is 1.